The predicted molar refractivity (Wildman–Crippen MR) is 71.3 cm³/mol. The van der Waals surface area contributed by atoms with Gasteiger partial charge in [0.15, 0.2) is 0 Å². The molecule has 0 aromatic heterocycles. The fourth-order valence-corrected chi connectivity index (χ4v) is 1.95. The summed E-state index contributed by atoms with van der Waals surface area (Å²) in [5.74, 6) is -0.478. The van der Waals surface area contributed by atoms with Crippen LogP contribution in [0.1, 0.15) is 18.4 Å². The summed E-state index contributed by atoms with van der Waals surface area (Å²) in [5, 5.41) is 7.01. The van der Waals surface area contributed by atoms with E-state index in [0.29, 0.717) is 5.56 Å². The second-order valence-electron chi connectivity index (χ2n) is 4.17. The Bertz CT molecular complexity index is 473. The van der Waals surface area contributed by atoms with Gasteiger partial charge in [0.05, 0.1) is 6.21 Å². The van der Waals surface area contributed by atoms with Crippen molar-refractivity contribution in [1.82, 2.24) is 0 Å². The Morgan fingerprint density at radius 3 is 2.61 bits per heavy atom. The molecule has 0 spiro atoms. The summed E-state index contributed by atoms with van der Waals surface area (Å²) in [6, 6.07) is 5.07. The molecule has 1 aromatic carbocycles. The minimum atomic E-state index is -0.325. The maximum Gasteiger partial charge on any atom is 0.211 e. The molecule has 0 amide bonds. The molecule has 0 unspecified atom stereocenters. The number of nitrogens with two attached hydrogens (primary N) is 2. The molecule has 1 aliphatic heterocycles. The molecular formula is C12H16FN5. The molecule has 1 aromatic rings. The zero-order chi connectivity index (χ0) is 13.0. The van der Waals surface area contributed by atoms with Crippen molar-refractivity contribution in [3.05, 3.63) is 29.6 Å². The number of hydrogen-bond acceptors (Lipinski definition) is 3. The summed E-state index contributed by atoms with van der Waals surface area (Å²) in [6.07, 6.45) is 3.62. The van der Waals surface area contributed by atoms with Gasteiger partial charge in [0.1, 0.15) is 5.82 Å². The van der Waals surface area contributed by atoms with E-state index in [2.05, 4.69) is 15.1 Å². The lowest BCUT2D eigenvalue weighted by Gasteiger charge is -2.17. The summed E-state index contributed by atoms with van der Waals surface area (Å²) in [7, 11) is 0. The van der Waals surface area contributed by atoms with Crippen molar-refractivity contribution in [3.63, 3.8) is 0 Å². The van der Waals surface area contributed by atoms with Gasteiger partial charge in [0.25, 0.3) is 0 Å². The molecule has 1 fully saturated rings. The Labute approximate surface area is 105 Å². The molecule has 0 bridgehead atoms. The van der Waals surface area contributed by atoms with Crippen LogP contribution < -0.4 is 16.4 Å². The second-order valence-corrected chi connectivity index (χ2v) is 4.17. The van der Waals surface area contributed by atoms with E-state index in [9.17, 15) is 4.39 Å². The van der Waals surface area contributed by atoms with E-state index < -0.39 is 0 Å². The SMILES string of the molecule is NC(N)=NN=Cc1ccc(N2CCCC2)cc1F. The monoisotopic (exact) mass is 249 g/mol. The van der Waals surface area contributed by atoms with Crippen molar-refractivity contribution in [2.24, 2.45) is 21.7 Å². The number of halogens is 1. The van der Waals surface area contributed by atoms with Crippen molar-refractivity contribution in [2.45, 2.75) is 12.8 Å². The van der Waals surface area contributed by atoms with Crippen LogP contribution >= 0.6 is 0 Å². The lowest BCUT2D eigenvalue weighted by Crippen LogP contribution is -2.21. The Balaban J connectivity index is 2.14. The Hall–Kier alpha value is -2.11. The molecule has 1 aliphatic rings. The smallest absolute Gasteiger partial charge is 0.211 e. The number of guanidine groups is 1. The largest absolute Gasteiger partial charge is 0.371 e. The number of hydrogen-bond donors (Lipinski definition) is 2. The van der Waals surface area contributed by atoms with E-state index >= 15 is 0 Å². The molecule has 1 saturated heterocycles. The standard InChI is InChI=1S/C12H16FN5/c13-11-7-10(18-5-1-2-6-18)4-3-9(11)8-16-17-12(14)15/h3-4,7-8H,1-2,5-6H2,(H4,14,15,17). The first-order valence-corrected chi connectivity index (χ1v) is 5.83. The van der Waals surface area contributed by atoms with Gasteiger partial charge in [-0.1, -0.05) is 0 Å². The van der Waals surface area contributed by atoms with E-state index in [1.807, 2.05) is 6.07 Å². The Kier molecular flexibility index (Phi) is 3.76. The van der Waals surface area contributed by atoms with Crippen molar-refractivity contribution >= 4 is 17.9 Å². The topological polar surface area (TPSA) is 80.0 Å². The van der Waals surface area contributed by atoms with Crippen LogP contribution in [0.15, 0.2) is 28.4 Å². The molecule has 0 saturated carbocycles. The Morgan fingerprint density at radius 2 is 2.00 bits per heavy atom. The highest BCUT2D eigenvalue weighted by Crippen LogP contribution is 2.22. The number of anilines is 1. The first-order valence-electron chi connectivity index (χ1n) is 5.83. The summed E-state index contributed by atoms with van der Waals surface area (Å²) in [4.78, 5) is 2.17. The van der Waals surface area contributed by atoms with Crippen molar-refractivity contribution in [3.8, 4) is 0 Å². The van der Waals surface area contributed by atoms with E-state index in [1.165, 1.54) is 12.3 Å². The molecule has 2 rings (SSSR count). The third kappa shape index (κ3) is 2.97. The maximum absolute atomic E-state index is 13.8. The minimum absolute atomic E-state index is 0.152. The third-order valence-electron chi connectivity index (χ3n) is 2.83. The molecular weight excluding hydrogens is 233 g/mol. The quantitative estimate of drug-likeness (QED) is 0.477. The molecule has 96 valence electrons. The molecule has 0 atom stereocenters. The van der Waals surface area contributed by atoms with Crippen LogP contribution in [0.25, 0.3) is 0 Å². The highest BCUT2D eigenvalue weighted by atomic mass is 19.1. The van der Waals surface area contributed by atoms with Gasteiger partial charge in [-0.2, -0.15) is 5.10 Å². The van der Waals surface area contributed by atoms with Crippen LogP contribution in [0.4, 0.5) is 10.1 Å². The third-order valence-corrected chi connectivity index (χ3v) is 2.83. The lowest BCUT2D eigenvalue weighted by atomic mass is 10.2. The van der Waals surface area contributed by atoms with Gasteiger partial charge in [-0.05, 0) is 31.0 Å². The summed E-state index contributed by atoms with van der Waals surface area (Å²) in [6.45, 7) is 1.97. The number of rotatable bonds is 3. The predicted octanol–water partition coefficient (Wildman–Crippen LogP) is 1.03. The highest BCUT2D eigenvalue weighted by Gasteiger charge is 2.13. The van der Waals surface area contributed by atoms with Crippen LogP contribution in [0.5, 0.6) is 0 Å². The van der Waals surface area contributed by atoms with Gasteiger partial charge in [-0.15, -0.1) is 5.10 Å². The first kappa shape index (κ1) is 12.3. The van der Waals surface area contributed by atoms with Crippen molar-refractivity contribution in [1.29, 1.82) is 0 Å². The second kappa shape index (κ2) is 5.48. The molecule has 4 N–H and O–H groups in total. The summed E-state index contributed by atoms with van der Waals surface area (Å²) < 4.78 is 13.8. The van der Waals surface area contributed by atoms with E-state index in [1.54, 1.807) is 6.07 Å². The average molecular weight is 249 g/mol. The van der Waals surface area contributed by atoms with Crippen LogP contribution in [-0.2, 0) is 0 Å². The number of nitrogens with zero attached hydrogens (tertiary/aromatic N) is 3. The van der Waals surface area contributed by atoms with E-state index in [0.717, 1.165) is 31.6 Å². The summed E-state index contributed by atoms with van der Waals surface area (Å²) in [5.41, 5.74) is 11.5. The van der Waals surface area contributed by atoms with E-state index in [-0.39, 0.29) is 11.8 Å². The molecule has 0 aliphatic carbocycles. The van der Waals surface area contributed by atoms with E-state index in [4.69, 9.17) is 11.5 Å². The first-order chi connectivity index (χ1) is 8.66. The van der Waals surface area contributed by atoms with Crippen LogP contribution in [-0.4, -0.2) is 25.3 Å². The summed E-state index contributed by atoms with van der Waals surface area (Å²) >= 11 is 0. The van der Waals surface area contributed by atoms with Crippen LogP contribution in [0.2, 0.25) is 0 Å². The van der Waals surface area contributed by atoms with Crippen molar-refractivity contribution < 1.29 is 4.39 Å². The zero-order valence-electron chi connectivity index (χ0n) is 10.0. The molecule has 0 radical (unpaired) electrons. The van der Waals surface area contributed by atoms with Gasteiger partial charge < -0.3 is 16.4 Å². The Morgan fingerprint density at radius 1 is 1.28 bits per heavy atom. The highest BCUT2D eigenvalue weighted by molar-refractivity contribution is 5.82. The molecule has 6 heteroatoms. The lowest BCUT2D eigenvalue weighted by molar-refractivity contribution is 0.625. The molecule has 1 heterocycles. The normalized spacial score (nSPS) is 15.3. The van der Waals surface area contributed by atoms with Crippen molar-refractivity contribution in [2.75, 3.05) is 18.0 Å². The van der Waals surface area contributed by atoms with Gasteiger partial charge in [-0.25, -0.2) is 4.39 Å². The fourth-order valence-electron chi connectivity index (χ4n) is 1.95. The molecule has 5 nitrogen and oxygen atoms in total. The van der Waals surface area contributed by atoms with Gasteiger partial charge in [-0.3, -0.25) is 0 Å². The fraction of sp³-hybridized carbons (Fsp3) is 0.333. The van der Waals surface area contributed by atoms with Crippen LogP contribution in [0, 0.1) is 5.82 Å². The molecule has 18 heavy (non-hydrogen) atoms. The number of benzene rings is 1. The minimum Gasteiger partial charge on any atom is -0.371 e. The zero-order valence-corrected chi connectivity index (χ0v) is 10.0. The van der Waals surface area contributed by atoms with Gasteiger partial charge in [0, 0.05) is 24.3 Å². The maximum atomic E-state index is 13.8. The van der Waals surface area contributed by atoms with Gasteiger partial charge >= 0.3 is 0 Å². The average Bonchev–Trinajstić information content (AvgIpc) is 2.84. The van der Waals surface area contributed by atoms with Gasteiger partial charge in [0.2, 0.25) is 5.96 Å². The van der Waals surface area contributed by atoms with Crippen LogP contribution in [0.3, 0.4) is 0 Å².